The molecule has 2 aliphatic rings. The monoisotopic (exact) mass is 420 g/mol. The molecule has 154 valence electrons. The number of hydrogen-bond donors (Lipinski definition) is 2. The van der Waals surface area contributed by atoms with Gasteiger partial charge in [-0.05, 0) is 73.6 Å². The highest BCUT2D eigenvalue weighted by atomic mass is 32.1. The Hall–Kier alpha value is -2.90. The van der Waals surface area contributed by atoms with Gasteiger partial charge in [0.2, 0.25) is 0 Å². The molecule has 3 atom stereocenters. The first kappa shape index (κ1) is 19.1. The van der Waals surface area contributed by atoms with Gasteiger partial charge in [0, 0.05) is 36.9 Å². The van der Waals surface area contributed by atoms with Crippen LogP contribution in [0.25, 0.3) is 0 Å². The molecule has 0 saturated carbocycles. The fourth-order valence-electron chi connectivity index (χ4n) is 4.42. The van der Waals surface area contributed by atoms with Crippen LogP contribution in [0, 0.1) is 0 Å². The molecule has 2 aromatic heterocycles. The molecule has 2 aliphatic heterocycles. The number of nitrogens with zero attached hydrogens (tertiary/aromatic N) is 3. The number of pyridine rings is 1. The second kappa shape index (κ2) is 8.08. The first-order chi connectivity index (χ1) is 14.7. The number of ether oxygens (including phenoxy) is 1. The molecule has 2 saturated heterocycles. The number of benzene rings is 1. The average Bonchev–Trinajstić information content (AvgIpc) is 3.50. The summed E-state index contributed by atoms with van der Waals surface area (Å²) in [6.07, 6.45) is 6.37. The standard InChI is InChI=1S/C23H24N4O2S/c28-17-10-8-16(9-11-17)27-22(21(25-23(27)30)19-6-1-2-12-24-19)20-7-3-13-26(20)15-18-5-4-14-29-18/h1-3,6-13,18,21-22,28H,4-5,14-15H2,(H,25,30)/t18-,21-,22-/m1/s1. The largest absolute Gasteiger partial charge is 0.508 e. The maximum atomic E-state index is 9.75. The molecule has 0 unspecified atom stereocenters. The van der Waals surface area contributed by atoms with Crippen LogP contribution in [0.15, 0.2) is 67.0 Å². The van der Waals surface area contributed by atoms with Crippen LogP contribution in [0.1, 0.15) is 36.3 Å². The summed E-state index contributed by atoms with van der Waals surface area (Å²) < 4.78 is 8.16. The van der Waals surface area contributed by atoms with Gasteiger partial charge < -0.3 is 24.6 Å². The number of aromatic nitrogens is 2. The number of phenolic OH excluding ortho intramolecular Hbond substituents is 1. The Morgan fingerprint density at radius 1 is 1.13 bits per heavy atom. The van der Waals surface area contributed by atoms with Gasteiger partial charge in [-0.25, -0.2) is 0 Å². The molecule has 0 amide bonds. The molecular formula is C23H24N4O2S. The average molecular weight is 421 g/mol. The first-order valence-corrected chi connectivity index (χ1v) is 10.7. The summed E-state index contributed by atoms with van der Waals surface area (Å²) in [5, 5.41) is 13.9. The van der Waals surface area contributed by atoms with Crippen molar-refractivity contribution in [2.45, 2.75) is 37.6 Å². The molecule has 2 fully saturated rings. The molecule has 0 radical (unpaired) electrons. The normalized spacial score (nSPS) is 23.7. The van der Waals surface area contributed by atoms with Gasteiger partial charge in [0.1, 0.15) is 11.8 Å². The zero-order valence-electron chi connectivity index (χ0n) is 16.5. The number of phenols is 1. The molecule has 0 bridgehead atoms. The molecule has 7 heteroatoms. The summed E-state index contributed by atoms with van der Waals surface area (Å²) in [5.41, 5.74) is 3.02. The minimum Gasteiger partial charge on any atom is -0.508 e. The van der Waals surface area contributed by atoms with Crippen LogP contribution < -0.4 is 10.2 Å². The van der Waals surface area contributed by atoms with E-state index >= 15 is 0 Å². The van der Waals surface area contributed by atoms with Gasteiger partial charge in [-0.15, -0.1) is 0 Å². The molecular weight excluding hydrogens is 396 g/mol. The molecule has 3 aromatic rings. The van der Waals surface area contributed by atoms with Crippen LogP contribution in [0.4, 0.5) is 5.69 Å². The van der Waals surface area contributed by atoms with Gasteiger partial charge in [-0.3, -0.25) is 4.98 Å². The number of thiocarbonyl (C=S) groups is 1. The Balaban J connectivity index is 1.57. The van der Waals surface area contributed by atoms with Crippen molar-refractivity contribution in [2.75, 3.05) is 11.5 Å². The summed E-state index contributed by atoms with van der Waals surface area (Å²) in [7, 11) is 0. The van der Waals surface area contributed by atoms with E-state index in [9.17, 15) is 5.11 Å². The Labute approximate surface area is 181 Å². The van der Waals surface area contributed by atoms with Crippen molar-refractivity contribution >= 4 is 23.0 Å². The molecule has 0 spiro atoms. The van der Waals surface area contributed by atoms with Crippen molar-refractivity contribution in [3.63, 3.8) is 0 Å². The van der Waals surface area contributed by atoms with Gasteiger partial charge in [0.25, 0.3) is 0 Å². The molecule has 30 heavy (non-hydrogen) atoms. The van der Waals surface area contributed by atoms with Crippen LogP contribution >= 0.6 is 12.2 Å². The lowest BCUT2D eigenvalue weighted by Crippen LogP contribution is -2.31. The fraction of sp³-hybridized carbons (Fsp3) is 0.304. The van der Waals surface area contributed by atoms with E-state index in [-0.39, 0.29) is 23.9 Å². The fourth-order valence-corrected chi connectivity index (χ4v) is 4.76. The van der Waals surface area contributed by atoms with Crippen molar-refractivity contribution in [1.29, 1.82) is 0 Å². The minimum absolute atomic E-state index is 0.0756. The second-order valence-electron chi connectivity index (χ2n) is 7.73. The number of anilines is 1. The van der Waals surface area contributed by atoms with E-state index in [1.807, 2.05) is 36.5 Å². The number of rotatable bonds is 5. The summed E-state index contributed by atoms with van der Waals surface area (Å²) in [6, 6.07) is 17.2. The topological polar surface area (TPSA) is 62.5 Å². The highest BCUT2D eigenvalue weighted by molar-refractivity contribution is 7.80. The van der Waals surface area contributed by atoms with Crippen LogP contribution in [-0.4, -0.2) is 32.5 Å². The van der Waals surface area contributed by atoms with Crippen molar-refractivity contribution in [3.05, 3.63) is 78.4 Å². The SMILES string of the molecule is Oc1ccc(N2C(=S)N[C@H](c3ccccn3)[C@H]2c2cccn2C[C@H]2CCCO2)cc1. The summed E-state index contributed by atoms with van der Waals surface area (Å²) in [5.74, 6) is 0.233. The van der Waals surface area contributed by atoms with Crippen molar-refractivity contribution < 1.29 is 9.84 Å². The molecule has 1 aromatic carbocycles. The Bertz CT molecular complexity index is 1020. The summed E-state index contributed by atoms with van der Waals surface area (Å²) in [4.78, 5) is 6.73. The van der Waals surface area contributed by atoms with E-state index in [2.05, 4.69) is 38.1 Å². The van der Waals surface area contributed by atoms with Gasteiger partial charge in [0.05, 0.1) is 17.8 Å². The molecule has 6 nitrogen and oxygen atoms in total. The number of hydrogen-bond acceptors (Lipinski definition) is 4. The molecule has 4 heterocycles. The Kier molecular flexibility index (Phi) is 5.14. The first-order valence-electron chi connectivity index (χ1n) is 10.3. The van der Waals surface area contributed by atoms with E-state index in [0.29, 0.717) is 5.11 Å². The van der Waals surface area contributed by atoms with Crippen LogP contribution in [0.3, 0.4) is 0 Å². The zero-order chi connectivity index (χ0) is 20.5. The van der Waals surface area contributed by atoms with Crippen LogP contribution in [0.2, 0.25) is 0 Å². The number of nitrogens with one attached hydrogen (secondary N) is 1. The maximum Gasteiger partial charge on any atom is 0.174 e. The highest BCUT2D eigenvalue weighted by Crippen LogP contribution is 2.42. The second-order valence-corrected chi connectivity index (χ2v) is 8.12. The van der Waals surface area contributed by atoms with Crippen LogP contribution in [0.5, 0.6) is 5.75 Å². The third-order valence-electron chi connectivity index (χ3n) is 5.82. The van der Waals surface area contributed by atoms with Crippen molar-refractivity contribution in [1.82, 2.24) is 14.9 Å². The predicted octanol–water partition coefficient (Wildman–Crippen LogP) is 3.94. The zero-order valence-corrected chi connectivity index (χ0v) is 17.3. The van der Waals surface area contributed by atoms with Gasteiger partial charge >= 0.3 is 0 Å². The summed E-state index contributed by atoms with van der Waals surface area (Å²) in [6.45, 7) is 1.66. The predicted molar refractivity (Wildman–Crippen MR) is 119 cm³/mol. The molecule has 0 aliphatic carbocycles. The number of aromatic hydroxyl groups is 1. The van der Waals surface area contributed by atoms with E-state index in [0.717, 1.165) is 43.1 Å². The maximum absolute atomic E-state index is 9.75. The summed E-state index contributed by atoms with van der Waals surface area (Å²) >= 11 is 5.76. The third-order valence-corrected chi connectivity index (χ3v) is 6.13. The van der Waals surface area contributed by atoms with E-state index in [1.54, 1.807) is 12.1 Å². The lowest BCUT2D eigenvalue weighted by Gasteiger charge is -2.29. The minimum atomic E-state index is -0.0920. The quantitative estimate of drug-likeness (QED) is 0.610. The van der Waals surface area contributed by atoms with E-state index in [1.165, 1.54) is 0 Å². The Morgan fingerprint density at radius 2 is 2.00 bits per heavy atom. The van der Waals surface area contributed by atoms with Crippen LogP contribution in [-0.2, 0) is 11.3 Å². The van der Waals surface area contributed by atoms with Gasteiger partial charge in [-0.2, -0.15) is 0 Å². The third kappa shape index (κ3) is 3.55. The van der Waals surface area contributed by atoms with E-state index < -0.39 is 0 Å². The van der Waals surface area contributed by atoms with Crippen molar-refractivity contribution in [3.8, 4) is 5.75 Å². The smallest absolute Gasteiger partial charge is 0.174 e. The Morgan fingerprint density at radius 3 is 2.73 bits per heavy atom. The lowest BCUT2D eigenvalue weighted by atomic mass is 10.0. The van der Waals surface area contributed by atoms with Gasteiger partial charge in [0.15, 0.2) is 5.11 Å². The van der Waals surface area contributed by atoms with Gasteiger partial charge in [-0.1, -0.05) is 6.07 Å². The molecule has 5 rings (SSSR count). The molecule has 2 N–H and O–H groups in total. The highest BCUT2D eigenvalue weighted by Gasteiger charge is 2.42. The van der Waals surface area contributed by atoms with Crippen molar-refractivity contribution in [2.24, 2.45) is 0 Å². The lowest BCUT2D eigenvalue weighted by molar-refractivity contribution is 0.0961. The van der Waals surface area contributed by atoms with E-state index in [4.69, 9.17) is 17.0 Å².